The van der Waals surface area contributed by atoms with Gasteiger partial charge in [0, 0.05) is 6.07 Å². The fourth-order valence-electron chi connectivity index (χ4n) is 1.66. The summed E-state index contributed by atoms with van der Waals surface area (Å²) in [5, 5.41) is 0. The number of ether oxygens (including phenoxy) is 2. The number of unbranched alkanes of at least 4 members (excludes halogenated alkanes) is 4. The van der Waals surface area contributed by atoms with Crippen LogP contribution in [-0.4, -0.2) is 13.2 Å². The van der Waals surface area contributed by atoms with E-state index in [-0.39, 0.29) is 0 Å². The monoisotopic (exact) mass is 249 g/mol. The molecule has 0 saturated heterocycles. The maximum atomic E-state index is 5.69. The van der Waals surface area contributed by atoms with Gasteiger partial charge in [-0.3, -0.25) is 0 Å². The van der Waals surface area contributed by atoms with E-state index < -0.39 is 0 Å². The Morgan fingerprint density at radius 2 is 1.56 bits per heavy atom. The van der Waals surface area contributed by atoms with Gasteiger partial charge in [0.15, 0.2) is 0 Å². The first-order valence-electron chi connectivity index (χ1n) is 7.01. The van der Waals surface area contributed by atoms with Crippen LogP contribution in [0.1, 0.15) is 45.4 Å². The second kappa shape index (κ2) is 9.81. The Bertz CT molecular complexity index is 282. The Balaban J connectivity index is 2.27. The van der Waals surface area contributed by atoms with Crippen LogP contribution in [0.15, 0.2) is 24.3 Å². The fraction of sp³-hybridized carbons (Fsp3) is 0.562. The highest BCUT2D eigenvalue weighted by Gasteiger charge is 1.98. The van der Waals surface area contributed by atoms with Gasteiger partial charge in [-0.1, -0.05) is 45.6 Å². The minimum atomic E-state index is 0.759. The lowest BCUT2D eigenvalue weighted by atomic mass is 10.2. The minimum Gasteiger partial charge on any atom is -0.493 e. The second-order valence-electron chi connectivity index (χ2n) is 4.44. The molecule has 1 radical (unpaired) electrons. The zero-order valence-corrected chi connectivity index (χ0v) is 11.5. The first kappa shape index (κ1) is 14.9. The molecular weight excluding hydrogens is 224 g/mol. The largest absolute Gasteiger partial charge is 0.493 e. The van der Waals surface area contributed by atoms with Crippen molar-refractivity contribution in [2.24, 2.45) is 0 Å². The van der Waals surface area contributed by atoms with Gasteiger partial charge in [0.1, 0.15) is 11.5 Å². The van der Waals surface area contributed by atoms with E-state index in [1.807, 2.05) is 24.3 Å². The van der Waals surface area contributed by atoms with Gasteiger partial charge in [0.05, 0.1) is 13.2 Å². The van der Waals surface area contributed by atoms with Crippen molar-refractivity contribution in [2.75, 3.05) is 13.2 Å². The number of hydrogen-bond donors (Lipinski definition) is 0. The fourth-order valence-corrected chi connectivity index (χ4v) is 1.66. The number of hydrogen-bond acceptors (Lipinski definition) is 2. The summed E-state index contributed by atoms with van der Waals surface area (Å²) in [4.78, 5) is 0. The highest BCUT2D eigenvalue weighted by molar-refractivity contribution is 5.32. The third kappa shape index (κ3) is 6.53. The summed E-state index contributed by atoms with van der Waals surface area (Å²) in [5.74, 6) is 1.80. The summed E-state index contributed by atoms with van der Waals surface area (Å²) in [7, 11) is 0. The quantitative estimate of drug-likeness (QED) is 0.562. The van der Waals surface area contributed by atoms with Gasteiger partial charge < -0.3 is 9.47 Å². The molecule has 1 aromatic rings. The van der Waals surface area contributed by atoms with Crippen LogP contribution in [-0.2, 0) is 0 Å². The summed E-state index contributed by atoms with van der Waals surface area (Å²) in [5.41, 5.74) is 0. The summed E-state index contributed by atoms with van der Waals surface area (Å²) in [6, 6.07) is 7.90. The molecule has 0 amide bonds. The Morgan fingerprint density at radius 1 is 0.944 bits per heavy atom. The summed E-state index contributed by atoms with van der Waals surface area (Å²) in [6.07, 6.45) is 6.72. The van der Waals surface area contributed by atoms with Crippen molar-refractivity contribution in [1.29, 1.82) is 0 Å². The van der Waals surface area contributed by atoms with E-state index in [1.165, 1.54) is 12.8 Å². The van der Waals surface area contributed by atoms with Gasteiger partial charge in [-0.2, -0.15) is 0 Å². The molecule has 1 aromatic carbocycles. The predicted octanol–water partition coefficient (Wildman–Crippen LogP) is 4.64. The predicted molar refractivity (Wildman–Crippen MR) is 76.2 cm³/mol. The maximum absolute atomic E-state index is 5.69. The average Bonchev–Trinajstić information content (AvgIpc) is 2.40. The van der Waals surface area contributed by atoms with Gasteiger partial charge in [0.25, 0.3) is 0 Å². The SMILES string of the molecule is [CH2]CCCCOc1cccc(OCCCCC)c1. The van der Waals surface area contributed by atoms with Gasteiger partial charge in [0.2, 0.25) is 0 Å². The average molecular weight is 249 g/mol. The van der Waals surface area contributed by atoms with E-state index in [1.54, 1.807) is 0 Å². The molecule has 0 atom stereocenters. The number of rotatable bonds is 10. The van der Waals surface area contributed by atoms with E-state index >= 15 is 0 Å². The van der Waals surface area contributed by atoms with Crippen molar-refractivity contribution < 1.29 is 9.47 Å². The minimum absolute atomic E-state index is 0.759. The van der Waals surface area contributed by atoms with E-state index in [0.717, 1.165) is 50.4 Å². The number of benzene rings is 1. The van der Waals surface area contributed by atoms with Gasteiger partial charge in [-0.15, -0.1) is 0 Å². The third-order valence-electron chi connectivity index (χ3n) is 2.74. The standard InChI is InChI=1S/C16H25O2/c1-3-5-7-12-17-15-10-9-11-16(14-15)18-13-8-6-4-2/h9-11,14H,1,3-8,12-13H2,2H3. The third-order valence-corrected chi connectivity index (χ3v) is 2.74. The van der Waals surface area contributed by atoms with Gasteiger partial charge >= 0.3 is 0 Å². The van der Waals surface area contributed by atoms with E-state index in [2.05, 4.69) is 13.8 Å². The van der Waals surface area contributed by atoms with E-state index in [0.29, 0.717) is 0 Å². The first-order chi connectivity index (χ1) is 8.86. The zero-order chi connectivity index (χ0) is 13.1. The first-order valence-corrected chi connectivity index (χ1v) is 7.01. The van der Waals surface area contributed by atoms with Gasteiger partial charge in [-0.05, 0) is 25.0 Å². The molecule has 0 N–H and O–H groups in total. The smallest absolute Gasteiger partial charge is 0.122 e. The van der Waals surface area contributed by atoms with Crippen molar-refractivity contribution in [2.45, 2.75) is 45.4 Å². The van der Waals surface area contributed by atoms with Crippen LogP contribution in [0.5, 0.6) is 11.5 Å². The van der Waals surface area contributed by atoms with Gasteiger partial charge in [-0.25, -0.2) is 0 Å². The van der Waals surface area contributed by atoms with Crippen LogP contribution >= 0.6 is 0 Å². The van der Waals surface area contributed by atoms with Crippen molar-refractivity contribution in [1.82, 2.24) is 0 Å². The molecule has 2 heteroatoms. The summed E-state index contributed by atoms with van der Waals surface area (Å²) in [6.45, 7) is 7.56. The molecule has 18 heavy (non-hydrogen) atoms. The van der Waals surface area contributed by atoms with Crippen LogP contribution in [0.25, 0.3) is 0 Å². The van der Waals surface area contributed by atoms with Crippen LogP contribution in [0, 0.1) is 6.92 Å². The molecule has 0 aromatic heterocycles. The molecule has 0 unspecified atom stereocenters. The molecule has 0 aliphatic rings. The molecule has 0 saturated carbocycles. The summed E-state index contributed by atoms with van der Waals surface area (Å²) >= 11 is 0. The molecule has 2 nitrogen and oxygen atoms in total. The van der Waals surface area contributed by atoms with E-state index in [9.17, 15) is 0 Å². The Kier molecular flexibility index (Phi) is 8.11. The van der Waals surface area contributed by atoms with Crippen molar-refractivity contribution in [3.05, 3.63) is 31.2 Å². The van der Waals surface area contributed by atoms with Crippen molar-refractivity contribution in [3.63, 3.8) is 0 Å². The lowest BCUT2D eigenvalue weighted by molar-refractivity contribution is 0.292. The molecule has 0 fully saturated rings. The van der Waals surface area contributed by atoms with Crippen molar-refractivity contribution >= 4 is 0 Å². The molecule has 0 spiro atoms. The Hall–Kier alpha value is -1.18. The molecule has 0 heterocycles. The maximum Gasteiger partial charge on any atom is 0.122 e. The molecule has 101 valence electrons. The normalized spacial score (nSPS) is 10.3. The molecule has 0 bridgehead atoms. The lowest BCUT2D eigenvalue weighted by Crippen LogP contribution is -1.99. The lowest BCUT2D eigenvalue weighted by Gasteiger charge is -2.09. The van der Waals surface area contributed by atoms with Crippen LogP contribution in [0.2, 0.25) is 0 Å². The topological polar surface area (TPSA) is 18.5 Å². The molecule has 0 aliphatic heterocycles. The molecular formula is C16H25O2. The summed E-state index contributed by atoms with van der Waals surface area (Å²) < 4.78 is 11.4. The highest BCUT2D eigenvalue weighted by atomic mass is 16.5. The van der Waals surface area contributed by atoms with E-state index in [4.69, 9.17) is 9.47 Å². The highest BCUT2D eigenvalue weighted by Crippen LogP contribution is 2.20. The molecule has 1 rings (SSSR count). The van der Waals surface area contributed by atoms with Crippen LogP contribution in [0.4, 0.5) is 0 Å². The Morgan fingerprint density at radius 3 is 2.11 bits per heavy atom. The van der Waals surface area contributed by atoms with Crippen LogP contribution < -0.4 is 9.47 Å². The molecule has 0 aliphatic carbocycles. The second-order valence-corrected chi connectivity index (χ2v) is 4.44. The Labute approximate surface area is 111 Å². The zero-order valence-electron chi connectivity index (χ0n) is 11.5. The van der Waals surface area contributed by atoms with Crippen LogP contribution in [0.3, 0.4) is 0 Å². The van der Waals surface area contributed by atoms with Crippen molar-refractivity contribution in [3.8, 4) is 11.5 Å².